The zero-order valence-electron chi connectivity index (χ0n) is 12.8. The number of nitrogens with one attached hydrogen (secondary N) is 1. The van der Waals surface area contributed by atoms with Crippen LogP contribution < -0.4 is 5.32 Å². The van der Waals surface area contributed by atoms with Gasteiger partial charge in [-0.25, -0.2) is 0 Å². The van der Waals surface area contributed by atoms with Gasteiger partial charge in [-0.3, -0.25) is 4.90 Å². The monoisotopic (exact) mass is 283 g/mol. The van der Waals surface area contributed by atoms with Gasteiger partial charge in [-0.05, 0) is 19.9 Å². The molecule has 1 saturated carbocycles. The molecule has 2 heterocycles. The lowest BCUT2D eigenvalue weighted by molar-refractivity contribution is -0.163. The lowest BCUT2D eigenvalue weighted by Crippen LogP contribution is -2.46. The summed E-state index contributed by atoms with van der Waals surface area (Å²) in [7, 11) is 2.20. The Bertz CT molecular complexity index is 301. The van der Waals surface area contributed by atoms with Crippen LogP contribution in [-0.2, 0) is 9.47 Å². The van der Waals surface area contributed by atoms with Crippen molar-refractivity contribution >= 4 is 0 Å². The van der Waals surface area contributed by atoms with E-state index < -0.39 is 0 Å². The summed E-state index contributed by atoms with van der Waals surface area (Å²) < 4.78 is 12.1. The summed E-state index contributed by atoms with van der Waals surface area (Å²) in [6, 6.07) is 0. The third kappa shape index (κ3) is 3.71. The molecule has 116 valence electrons. The van der Waals surface area contributed by atoms with Gasteiger partial charge in [0.05, 0.1) is 12.7 Å². The molecule has 1 unspecified atom stereocenters. The summed E-state index contributed by atoms with van der Waals surface area (Å²) in [5.41, 5.74) is 0. The highest BCUT2D eigenvalue weighted by molar-refractivity contribution is 4.85. The lowest BCUT2D eigenvalue weighted by atomic mass is 10.2. The number of rotatable bonds is 5. The van der Waals surface area contributed by atoms with E-state index in [2.05, 4.69) is 22.2 Å². The Kier molecular flexibility index (Phi) is 4.94. The van der Waals surface area contributed by atoms with E-state index >= 15 is 0 Å². The normalized spacial score (nSPS) is 30.6. The largest absolute Gasteiger partial charge is 0.347 e. The molecule has 5 nitrogen and oxygen atoms in total. The molecule has 3 aliphatic rings. The SMILES string of the molecule is CN(CCN1CCNCC1)CC1COC2(CCCC2)O1. The molecule has 1 aliphatic carbocycles. The van der Waals surface area contributed by atoms with Gasteiger partial charge < -0.3 is 19.7 Å². The van der Waals surface area contributed by atoms with Crippen LogP contribution in [0.1, 0.15) is 25.7 Å². The molecule has 2 saturated heterocycles. The van der Waals surface area contributed by atoms with Crippen LogP contribution in [0.2, 0.25) is 0 Å². The Morgan fingerprint density at radius 3 is 2.75 bits per heavy atom. The smallest absolute Gasteiger partial charge is 0.168 e. The molecule has 2 aliphatic heterocycles. The van der Waals surface area contributed by atoms with E-state index in [9.17, 15) is 0 Å². The molecule has 0 aromatic rings. The van der Waals surface area contributed by atoms with Crippen LogP contribution in [0.3, 0.4) is 0 Å². The molecule has 0 amide bonds. The van der Waals surface area contributed by atoms with Crippen molar-refractivity contribution in [1.29, 1.82) is 0 Å². The van der Waals surface area contributed by atoms with Crippen molar-refractivity contribution in [3.63, 3.8) is 0 Å². The van der Waals surface area contributed by atoms with Crippen LogP contribution >= 0.6 is 0 Å². The highest BCUT2D eigenvalue weighted by atomic mass is 16.7. The molecule has 3 rings (SSSR count). The molecule has 3 fully saturated rings. The Morgan fingerprint density at radius 1 is 1.25 bits per heavy atom. The van der Waals surface area contributed by atoms with Crippen LogP contribution in [0.4, 0.5) is 0 Å². The number of piperazine rings is 1. The first kappa shape index (κ1) is 14.7. The van der Waals surface area contributed by atoms with Gasteiger partial charge in [0.1, 0.15) is 0 Å². The molecule has 1 spiro atoms. The van der Waals surface area contributed by atoms with E-state index in [0.717, 1.165) is 52.2 Å². The molecular weight excluding hydrogens is 254 g/mol. The number of hydrogen-bond donors (Lipinski definition) is 1. The first-order valence-electron chi connectivity index (χ1n) is 8.19. The second kappa shape index (κ2) is 6.71. The van der Waals surface area contributed by atoms with Crippen molar-refractivity contribution in [3.8, 4) is 0 Å². The lowest BCUT2D eigenvalue weighted by Gasteiger charge is -2.29. The fourth-order valence-corrected chi connectivity index (χ4v) is 3.57. The summed E-state index contributed by atoms with van der Waals surface area (Å²) in [6.07, 6.45) is 4.96. The van der Waals surface area contributed by atoms with Gasteiger partial charge in [-0.15, -0.1) is 0 Å². The van der Waals surface area contributed by atoms with Crippen LogP contribution in [0.5, 0.6) is 0 Å². The fraction of sp³-hybridized carbons (Fsp3) is 1.00. The number of nitrogens with zero attached hydrogens (tertiary/aromatic N) is 2. The minimum Gasteiger partial charge on any atom is -0.347 e. The second-order valence-corrected chi connectivity index (χ2v) is 6.52. The first-order valence-corrected chi connectivity index (χ1v) is 8.19. The third-order valence-corrected chi connectivity index (χ3v) is 4.80. The van der Waals surface area contributed by atoms with Gasteiger partial charge in [-0.2, -0.15) is 0 Å². The highest BCUT2D eigenvalue weighted by Crippen LogP contribution is 2.39. The zero-order valence-corrected chi connectivity index (χ0v) is 12.8. The number of ether oxygens (including phenoxy) is 2. The third-order valence-electron chi connectivity index (χ3n) is 4.80. The van der Waals surface area contributed by atoms with Crippen molar-refractivity contribution in [3.05, 3.63) is 0 Å². The van der Waals surface area contributed by atoms with E-state index in [1.807, 2.05) is 0 Å². The van der Waals surface area contributed by atoms with E-state index in [0.29, 0.717) is 0 Å². The average Bonchev–Trinajstić information content (AvgIpc) is 3.09. The minimum absolute atomic E-state index is 0.204. The van der Waals surface area contributed by atoms with Crippen LogP contribution in [0.15, 0.2) is 0 Å². The molecule has 0 aromatic carbocycles. The minimum atomic E-state index is -0.204. The quantitative estimate of drug-likeness (QED) is 0.796. The van der Waals surface area contributed by atoms with Crippen LogP contribution in [-0.4, -0.2) is 81.2 Å². The number of hydrogen-bond acceptors (Lipinski definition) is 5. The van der Waals surface area contributed by atoms with E-state index in [4.69, 9.17) is 9.47 Å². The zero-order chi connectivity index (χ0) is 13.8. The van der Waals surface area contributed by atoms with Gasteiger partial charge in [-0.1, -0.05) is 0 Å². The molecule has 1 N–H and O–H groups in total. The van der Waals surface area contributed by atoms with E-state index in [-0.39, 0.29) is 11.9 Å². The number of likely N-dealkylation sites (N-methyl/N-ethyl adjacent to an activating group) is 1. The van der Waals surface area contributed by atoms with Crippen molar-refractivity contribution in [2.75, 3.05) is 59.5 Å². The molecule has 5 heteroatoms. The summed E-state index contributed by atoms with van der Waals surface area (Å²) in [5.74, 6) is -0.204. The summed E-state index contributed by atoms with van der Waals surface area (Å²) in [4.78, 5) is 4.93. The highest BCUT2D eigenvalue weighted by Gasteiger charge is 2.43. The molecular formula is C15H29N3O2. The molecule has 0 aromatic heterocycles. The fourth-order valence-electron chi connectivity index (χ4n) is 3.57. The van der Waals surface area contributed by atoms with Crippen molar-refractivity contribution < 1.29 is 9.47 Å². The van der Waals surface area contributed by atoms with Gasteiger partial charge in [0.25, 0.3) is 0 Å². The predicted octanol–water partition coefficient (Wildman–Crippen LogP) is 0.509. The predicted molar refractivity (Wildman–Crippen MR) is 78.8 cm³/mol. The van der Waals surface area contributed by atoms with Gasteiger partial charge in [0.2, 0.25) is 0 Å². The molecule has 0 radical (unpaired) electrons. The Labute approximate surface area is 122 Å². The van der Waals surface area contributed by atoms with Gasteiger partial charge >= 0.3 is 0 Å². The maximum absolute atomic E-state index is 6.18. The molecule has 0 bridgehead atoms. The van der Waals surface area contributed by atoms with Crippen LogP contribution in [0.25, 0.3) is 0 Å². The standard InChI is InChI=1S/C15H29N3O2/c1-17(10-11-18-8-6-16-7-9-18)12-14-13-19-15(20-14)4-2-3-5-15/h14,16H,2-13H2,1H3. The average molecular weight is 283 g/mol. The maximum atomic E-state index is 6.18. The van der Waals surface area contributed by atoms with Gasteiger partial charge in [0.15, 0.2) is 5.79 Å². The summed E-state index contributed by atoms with van der Waals surface area (Å²) in [5, 5.41) is 3.40. The van der Waals surface area contributed by atoms with E-state index in [1.54, 1.807) is 0 Å². The summed E-state index contributed by atoms with van der Waals surface area (Å²) in [6.45, 7) is 8.67. The Hall–Kier alpha value is -0.200. The topological polar surface area (TPSA) is 37.0 Å². The van der Waals surface area contributed by atoms with Crippen molar-refractivity contribution in [2.45, 2.75) is 37.6 Å². The van der Waals surface area contributed by atoms with Crippen molar-refractivity contribution in [1.82, 2.24) is 15.1 Å². The van der Waals surface area contributed by atoms with E-state index in [1.165, 1.54) is 25.9 Å². The van der Waals surface area contributed by atoms with Crippen LogP contribution in [0, 0.1) is 0 Å². The van der Waals surface area contributed by atoms with Crippen molar-refractivity contribution in [2.24, 2.45) is 0 Å². The first-order chi connectivity index (χ1) is 9.76. The van der Waals surface area contributed by atoms with Gasteiger partial charge in [0, 0.05) is 58.7 Å². The summed E-state index contributed by atoms with van der Waals surface area (Å²) >= 11 is 0. The second-order valence-electron chi connectivity index (χ2n) is 6.52. The molecule has 1 atom stereocenters. The maximum Gasteiger partial charge on any atom is 0.168 e. The molecule has 20 heavy (non-hydrogen) atoms. The Morgan fingerprint density at radius 2 is 2.00 bits per heavy atom. The Balaban J connectivity index is 1.35.